The largest absolute Gasteiger partial charge is 0.463 e. The number of anilines is 1. The highest BCUT2D eigenvalue weighted by Gasteiger charge is 2.35. The van der Waals surface area contributed by atoms with Crippen LogP contribution in [-0.4, -0.2) is 26.3 Å². The maximum atomic E-state index is 6.05. The average Bonchev–Trinajstić information content (AvgIpc) is 3.16. The number of hydrogen-bond acceptors (Lipinski definition) is 7. The molecule has 0 radical (unpaired) electrons. The van der Waals surface area contributed by atoms with Gasteiger partial charge in [-0.25, -0.2) is 15.0 Å². The number of rotatable bonds is 2. The molecule has 2 aromatic heterocycles. The molecule has 2 N–H and O–H groups in total. The van der Waals surface area contributed by atoms with Crippen LogP contribution in [0, 0.1) is 13.8 Å². The summed E-state index contributed by atoms with van der Waals surface area (Å²) in [5.74, 6) is 1.49. The maximum absolute atomic E-state index is 6.05. The van der Waals surface area contributed by atoms with Gasteiger partial charge in [0.2, 0.25) is 5.88 Å². The molecule has 7 heteroatoms. The standard InChI is InChI=1S/C20H24N4O.C5H7NS/c1-20(2)17(24-16-18(21)22-12-23-19(16)25-20)15-10-8-14(9-11-15)13-6-4-3-5-7-13;1-4-3-6-5(2)7-4/h8-13H,3-7H2,1-2H3,(H2,21,22,23);3H,1-2H3. The Balaban J connectivity index is 0.000000300. The lowest BCUT2D eigenvalue weighted by Crippen LogP contribution is -2.41. The molecule has 168 valence electrons. The van der Waals surface area contributed by atoms with Gasteiger partial charge in [-0.1, -0.05) is 43.5 Å². The van der Waals surface area contributed by atoms with E-state index in [1.165, 1.54) is 48.9 Å². The van der Waals surface area contributed by atoms with Crippen molar-refractivity contribution in [2.24, 2.45) is 4.99 Å². The van der Waals surface area contributed by atoms with Crippen molar-refractivity contribution < 1.29 is 4.74 Å². The SMILES string of the molecule is CC1(C)Oc2ncnc(N)c2N=C1c1ccc(C2CCCCC2)cc1.Cc1cnc(C)s1. The van der Waals surface area contributed by atoms with Gasteiger partial charge in [0.15, 0.2) is 11.5 Å². The third-order valence-corrected chi connectivity index (χ3v) is 6.79. The molecule has 0 unspecified atom stereocenters. The molecule has 0 saturated heterocycles. The van der Waals surface area contributed by atoms with Crippen molar-refractivity contribution >= 4 is 28.6 Å². The molecule has 0 bridgehead atoms. The summed E-state index contributed by atoms with van der Waals surface area (Å²) in [6, 6.07) is 8.78. The number of nitrogens with zero attached hydrogens (tertiary/aromatic N) is 4. The zero-order valence-corrected chi connectivity index (χ0v) is 20.1. The predicted octanol–water partition coefficient (Wildman–Crippen LogP) is 6.16. The third-order valence-electron chi connectivity index (χ3n) is 5.96. The minimum atomic E-state index is -0.569. The molecule has 0 spiro atoms. The second-order valence-electron chi connectivity index (χ2n) is 8.93. The third kappa shape index (κ3) is 4.99. The Morgan fingerprint density at radius 1 is 1.00 bits per heavy atom. The van der Waals surface area contributed by atoms with Crippen molar-refractivity contribution in [3.8, 4) is 5.88 Å². The Bertz CT molecular complexity index is 1080. The second-order valence-corrected chi connectivity index (χ2v) is 10.4. The first kappa shape index (κ1) is 22.4. The lowest BCUT2D eigenvalue weighted by molar-refractivity contribution is 0.171. The molecule has 3 heterocycles. The van der Waals surface area contributed by atoms with Crippen molar-refractivity contribution in [1.29, 1.82) is 0 Å². The first-order valence-corrected chi connectivity index (χ1v) is 12.0. The predicted molar refractivity (Wildman–Crippen MR) is 131 cm³/mol. The summed E-state index contributed by atoms with van der Waals surface area (Å²) >= 11 is 1.73. The number of aromatic nitrogens is 3. The number of nitrogen functional groups attached to an aromatic ring is 1. The number of nitrogens with two attached hydrogens (primary N) is 1. The number of benzene rings is 1. The number of fused-ring (bicyclic) bond motifs is 1. The first-order valence-electron chi connectivity index (χ1n) is 11.2. The second kappa shape index (κ2) is 9.36. The van der Waals surface area contributed by atoms with Crippen LogP contribution in [0.1, 0.15) is 72.9 Å². The van der Waals surface area contributed by atoms with Gasteiger partial charge < -0.3 is 10.5 Å². The van der Waals surface area contributed by atoms with Crippen LogP contribution in [0.15, 0.2) is 41.8 Å². The highest BCUT2D eigenvalue weighted by atomic mass is 32.1. The summed E-state index contributed by atoms with van der Waals surface area (Å²) in [6.07, 6.45) is 9.96. The summed E-state index contributed by atoms with van der Waals surface area (Å²) in [7, 11) is 0. The van der Waals surface area contributed by atoms with E-state index in [4.69, 9.17) is 15.5 Å². The molecule has 0 amide bonds. The number of thiazole rings is 1. The van der Waals surface area contributed by atoms with Gasteiger partial charge in [-0.2, -0.15) is 4.98 Å². The van der Waals surface area contributed by atoms with Gasteiger partial charge >= 0.3 is 0 Å². The average molecular weight is 450 g/mol. The Morgan fingerprint density at radius 2 is 1.72 bits per heavy atom. The fourth-order valence-corrected chi connectivity index (χ4v) is 5.00. The monoisotopic (exact) mass is 449 g/mol. The van der Waals surface area contributed by atoms with Gasteiger partial charge in [0.25, 0.3) is 0 Å². The molecule has 32 heavy (non-hydrogen) atoms. The van der Waals surface area contributed by atoms with E-state index in [0.717, 1.165) is 16.3 Å². The fourth-order valence-electron chi connectivity index (χ4n) is 4.32. The van der Waals surface area contributed by atoms with Gasteiger partial charge in [0, 0.05) is 16.6 Å². The molecule has 5 rings (SSSR count). The Hall–Kier alpha value is -2.80. The van der Waals surface area contributed by atoms with Crippen LogP contribution in [0.2, 0.25) is 0 Å². The van der Waals surface area contributed by atoms with Gasteiger partial charge in [-0.05, 0) is 52.0 Å². The van der Waals surface area contributed by atoms with E-state index in [2.05, 4.69) is 46.1 Å². The van der Waals surface area contributed by atoms with E-state index in [9.17, 15) is 0 Å². The van der Waals surface area contributed by atoms with Crippen LogP contribution in [0.5, 0.6) is 5.88 Å². The van der Waals surface area contributed by atoms with Gasteiger partial charge in [0.1, 0.15) is 11.9 Å². The first-order chi connectivity index (χ1) is 15.3. The molecule has 6 nitrogen and oxygen atoms in total. The molecule has 2 aliphatic rings. The summed E-state index contributed by atoms with van der Waals surface area (Å²) < 4.78 is 6.05. The van der Waals surface area contributed by atoms with Crippen molar-refractivity contribution in [2.45, 2.75) is 71.3 Å². The summed E-state index contributed by atoms with van der Waals surface area (Å²) in [4.78, 5) is 18.3. The van der Waals surface area contributed by atoms with E-state index >= 15 is 0 Å². The Kier molecular flexibility index (Phi) is 6.55. The molecule has 1 fully saturated rings. The fraction of sp³-hybridized carbons (Fsp3) is 0.440. The van der Waals surface area contributed by atoms with Crippen molar-refractivity contribution in [1.82, 2.24) is 15.0 Å². The van der Waals surface area contributed by atoms with Crippen LogP contribution >= 0.6 is 11.3 Å². The van der Waals surface area contributed by atoms with Crippen LogP contribution < -0.4 is 10.5 Å². The lowest BCUT2D eigenvalue weighted by atomic mass is 9.83. The van der Waals surface area contributed by atoms with E-state index in [1.54, 1.807) is 11.3 Å². The Labute approximate surface area is 194 Å². The smallest absolute Gasteiger partial charge is 0.246 e. The van der Waals surface area contributed by atoms with Crippen molar-refractivity contribution in [2.75, 3.05) is 5.73 Å². The topological polar surface area (TPSA) is 86.3 Å². The molecule has 1 aliphatic heterocycles. The van der Waals surface area contributed by atoms with E-state index in [1.807, 2.05) is 27.0 Å². The zero-order valence-electron chi connectivity index (χ0n) is 19.3. The van der Waals surface area contributed by atoms with E-state index in [0.29, 0.717) is 23.3 Å². The van der Waals surface area contributed by atoms with Crippen LogP contribution in [0.25, 0.3) is 0 Å². The molecule has 1 aromatic carbocycles. The van der Waals surface area contributed by atoms with Crippen molar-refractivity contribution in [3.63, 3.8) is 0 Å². The lowest BCUT2D eigenvalue weighted by Gasteiger charge is -2.32. The summed E-state index contributed by atoms with van der Waals surface area (Å²) in [5.41, 5.74) is 9.25. The minimum absolute atomic E-state index is 0.344. The highest BCUT2D eigenvalue weighted by Crippen LogP contribution is 2.39. The van der Waals surface area contributed by atoms with Crippen LogP contribution in [-0.2, 0) is 0 Å². The van der Waals surface area contributed by atoms with E-state index in [-0.39, 0.29) is 0 Å². The highest BCUT2D eigenvalue weighted by molar-refractivity contribution is 7.11. The molecule has 3 aromatic rings. The molecule has 0 atom stereocenters. The Morgan fingerprint density at radius 3 is 2.31 bits per heavy atom. The summed E-state index contributed by atoms with van der Waals surface area (Å²) in [5, 5.41) is 1.15. The maximum Gasteiger partial charge on any atom is 0.246 e. The quantitative estimate of drug-likeness (QED) is 0.506. The molecular weight excluding hydrogens is 418 g/mol. The van der Waals surface area contributed by atoms with Gasteiger partial charge in [-0.15, -0.1) is 11.3 Å². The summed E-state index contributed by atoms with van der Waals surface area (Å²) in [6.45, 7) is 8.08. The normalized spacial score (nSPS) is 17.4. The molecule has 1 aliphatic carbocycles. The van der Waals surface area contributed by atoms with Crippen LogP contribution in [0.3, 0.4) is 0 Å². The number of hydrogen-bond donors (Lipinski definition) is 1. The number of aliphatic imine (C=N–C) groups is 1. The van der Waals surface area contributed by atoms with Crippen molar-refractivity contribution in [3.05, 3.63) is 57.8 Å². The number of ether oxygens (including phenoxy) is 1. The van der Waals surface area contributed by atoms with Crippen LogP contribution in [0.4, 0.5) is 11.5 Å². The van der Waals surface area contributed by atoms with E-state index < -0.39 is 5.60 Å². The molecular formula is C25H31N5OS. The zero-order chi connectivity index (χ0) is 22.7. The van der Waals surface area contributed by atoms with Gasteiger partial charge in [-0.3, -0.25) is 0 Å². The molecule has 1 saturated carbocycles. The number of aryl methyl sites for hydroxylation is 2. The minimum Gasteiger partial charge on any atom is -0.463 e. The van der Waals surface area contributed by atoms with Gasteiger partial charge in [0.05, 0.1) is 10.7 Å².